The zero-order valence-corrected chi connectivity index (χ0v) is 18.7. The minimum absolute atomic E-state index is 0.0477. The lowest BCUT2D eigenvalue weighted by molar-refractivity contribution is -0.135. The van der Waals surface area contributed by atoms with Gasteiger partial charge in [-0.15, -0.1) is 0 Å². The Balaban J connectivity index is 1.37. The number of rotatable bonds is 4. The maximum Gasteiger partial charge on any atom is 0.246 e. The van der Waals surface area contributed by atoms with Gasteiger partial charge in [-0.25, -0.2) is 0 Å². The molecule has 0 aromatic heterocycles. The van der Waals surface area contributed by atoms with E-state index in [0.717, 1.165) is 26.9 Å². The Morgan fingerprint density at radius 2 is 1.68 bits per heavy atom. The molecule has 2 aliphatic heterocycles. The Labute approximate surface area is 190 Å². The Kier molecular flexibility index (Phi) is 6.73. The lowest BCUT2D eigenvalue weighted by Crippen LogP contribution is -2.49. The van der Waals surface area contributed by atoms with Crippen LogP contribution in [0.2, 0.25) is 5.02 Å². The van der Waals surface area contributed by atoms with Gasteiger partial charge in [-0.1, -0.05) is 29.4 Å². The average Bonchev–Trinajstić information content (AvgIpc) is 2.79. The van der Waals surface area contributed by atoms with Crippen LogP contribution in [-0.4, -0.2) is 61.0 Å². The van der Waals surface area contributed by atoms with Gasteiger partial charge in [0.2, 0.25) is 11.8 Å². The molecule has 0 saturated carbocycles. The zero-order chi connectivity index (χ0) is 21.8. The van der Waals surface area contributed by atoms with Gasteiger partial charge in [0.25, 0.3) is 0 Å². The number of hydrogen-bond acceptors (Lipinski definition) is 5. The molecule has 4 rings (SSSR count). The number of fused-ring (bicyclic) bond motifs is 1. The molecule has 0 atom stereocenters. The number of benzene rings is 2. The van der Waals surface area contributed by atoms with Crippen molar-refractivity contribution in [2.75, 3.05) is 39.4 Å². The predicted octanol–water partition coefficient (Wildman–Crippen LogP) is 3.97. The molecular weight excluding hydrogens is 436 g/mol. The summed E-state index contributed by atoms with van der Waals surface area (Å²) < 4.78 is 11.2. The summed E-state index contributed by atoms with van der Waals surface area (Å²) in [6.07, 6.45) is 3.33. The van der Waals surface area contributed by atoms with E-state index in [1.54, 1.807) is 40.6 Å². The number of piperazine rings is 1. The largest absolute Gasteiger partial charge is 0.486 e. The molecule has 0 unspecified atom stereocenters. The summed E-state index contributed by atoms with van der Waals surface area (Å²) in [5.41, 5.74) is 0.854. The third-order valence-corrected chi connectivity index (χ3v) is 6.64. The van der Waals surface area contributed by atoms with Crippen molar-refractivity contribution in [2.24, 2.45) is 0 Å². The molecule has 8 heteroatoms. The fourth-order valence-electron chi connectivity index (χ4n) is 3.43. The average molecular weight is 459 g/mol. The van der Waals surface area contributed by atoms with Crippen molar-refractivity contribution in [1.82, 2.24) is 9.80 Å². The van der Waals surface area contributed by atoms with E-state index in [1.807, 2.05) is 36.4 Å². The molecule has 0 radical (unpaired) electrons. The van der Waals surface area contributed by atoms with Gasteiger partial charge < -0.3 is 19.3 Å². The van der Waals surface area contributed by atoms with E-state index in [1.165, 1.54) is 0 Å². The summed E-state index contributed by atoms with van der Waals surface area (Å²) in [5.74, 6) is 1.49. The van der Waals surface area contributed by atoms with Crippen molar-refractivity contribution in [1.29, 1.82) is 0 Å². The summed E-state index contributed by atoms with van der Waals surface area (Å²) in [6.45, 7) is 4.92. The first-order valence-electron chi connectivity index (χ1n) is 10.1. The van der Waals surface area contributed by atoms with Crippen LogP contribution in [0.15, 0.2) is 52.3 Å². The van der Waals surface area contributed by atoms with Crippen LogP contribution in [0.4, 0.5) is 0 Å². The molecule has 31 heavy (non-hydrogen) atoms. The minimum atomic E-state index is -0.0611. The molecule has 0 spiro atoms. The van der Waals surface area contributed by atoms with E-state index in [-0.39, 0.29) is 11.8 Å². The van der Waals surface area contributed by atoms with Crippen LogP contribution in [0.1, 0.15) is 12.5 Å². The summed E-state index contributed by atoms with van der Waals surface area (Å²) in [5, 5.41) is 0.615. The Bertz CT molecular complexity index is 1020. The summed E-state index contributed by atoms with van der Waals surface area (Å²) in [4.78, 5) is 29.3. The van der Waals surface area contributed by atoms with Crippen molar-refractivity contribution in [3.63, 3.8) is 0 Å². The Morgan fingerprint density at radius 3 is 2.39 bits per heavy atom. The highest BCUT2D eigenvalue weighted by Crippen LogP contribution is 2.39. The van der Waals surface area contributed by atoms with Gasteiger partial charge in [-0.05, 0) is 42.0 Å². The van der Waals surface area contributed by atoms with Crippen molar-refractivity contribution < 1.29 is 19.1 Å². The van der Waals surface area contributed by atoms with E-state index >= 15 is 0 Å². The number of ether oxygens (including phenoxy) is 2. The topological polar surface area (TPSA) is 59.1 Å². The first kappa shape index (κ1) is 21.6. The second kappa shape index (κ2) is 9.66. The third-order valence-electron chi connectivity index (χ3n) is 5.15. The van der Waals surface area contributed by atoms with E-state index in [9.17, 15) is 9.59 Å². The second-order valence-corrected chi connectivity index (χ2v) is 8.78. The molecule has 0 N–H and O–H groups in total. The summed E-state index contributed by atoms with van der Waals surface area (Å²) in [6, 6.07) is 11.6. The minimum Gasteiger partial charge on any atom is -0.486 e. The standard InChI is InChI=1S/C23H23ClN2O4S/c1-16(27)25-8-10-26(11-9-25)23(28)7-3-17-2-6-22(19(24)14-17)31-18-4-5-20-21(15-18)30-13-12-29-20/h2-7,14-15H,8-13H2,1H3. The van der Waals surface area contributed by atoms with E-state index in [4.69, 9.17) is 21.1 Å². The summed E-state index contributed by atoms with van der Waals surface area (Å²) in [7, 11) is 0. The molecule has 162 valence electrons. The number of hydrogen-bond donors (Lipinski definition) is 0. The van der Waals surface area contributed by atoms with Gasteiger partial charge >= 0.3 is 0 Å². The number of carbonyl (C=O) groups excluding carboxylic acids is 2. The van der Waals surface area contributed by atoms with Crippen LogP contribution < -0.4 is 9.47 Å². The molecule has 2 aromatic carbocycles. The highest BCUT2D eigenvalue weighted by atomic mass is 35.5. The first-order chi connectivity index (χ1) is 15.0. The van der Waals surface area contributed by atoms with Gasteiger partial charge in [0.05, 0.1) is 5.02 Å². The van der Waals surface area contributed by atoms with Crippen LogP contribution in [0, 0.1) is 0 Å². The van der Waals surface area contributed by atoms with Gasteiger partial charge in [0.1, 0.15) is 13.2 Å². The molecular formula is C23H23ClN2O4S. The second-order valence-electron chi connectivity index (χ2n) is 7.26. The fraction of sp³-hybridized carbons (Fsp3) is 0.304. The summed E-state index contributed by atoms with van der Waals surface area (Å²) >= 11 is 8.04. The maximum atomic E-state index is 12.4. The number of carbonyl (C=O) groups is 2. The number of nitrogens with zero attached hydrogens (tertiary/aromatic N) is 2. The van der Waals surface area contributed by atoms with Crippen LogP contribution in [0.5, 0.6) is 11.5 Å². The molecule has 2 amide bonds. The fourth-order valence-corrected chi connectivity index (χ4v) is 4.59. The highest BCUT2D eigenvalue weighted by molar-refractivity contribution is 7.99. The molecule has 2 aromatic rings. The van der Waals surface area contributed by atoms with Crippen LogP contribution in [0.3, 0.4) is 0 Å². The van der Waals surface area contributed by atoms with Crippen LogP contribution in [-0.2, 0) is 9.59 Å². The molecule has 0 bridgehead atoms. The molecule has 2 aliphatic rings. The normalized spacial score (nSPS) is 15.9. The molecule has 1 fully saturated rings. The Hall–Kier alpha value is -2.64. The van der Waals surface area contributed by atoms with Gasteiger partial charge in [-0.3, -0.25) is 9.59 Å². The molecule has 6 nitrogen and oxygen atoms in total. The van der Waals surface area contributed by atoms with Crippen molar-refractivity contribution >= 4 is 41.3 Å². The van der Waals surface area contributed by atoms with Gasteiger partial charge in [-0.2, -0.15) is 0 Å². The van der Waals surface area contributed by atoms with Crippen molar-refractivity contribution in [3.05, 3.63) is 53.1 Å². The number of amides is 2. The SMILES string of the molecule is CC(=O)N1CCN(C(=O)C=Cc2ccc(Sc3ccc4c(c3)OCCO4)c(Cl)c2)CC1. The zero-order valence-electron chi connectivity index (χ0n) is 17.2. The van der Waals surface area contributed by atoms with Crippen molar-refractivity contribution in [2.45, 2.75) is 16.7 Å². The van der Waals surface area contributed by atoms with Gasteiger partial charge in [0, 0.05) is 49.0 Å². The highest BCUT2D eigenvalue weighted by Gasteiger charge is 2.20. The van der Waals surface area contributed by atoms with E-state index < -0.39 is 0 Å². The smallest absolute Gasteiger partial charge is 0.246 e. The lowest BCUT2D eigenvalue weighted by atomic mass is 10.2. The first-order valence-corrected chi connectivity index (χ1v) is 11.3. The van der Waals surface area contributed by atoms with E-state index in [2.05, 4.69) is 0 Å². The Morgan fingerprint density at radius 1 is 0.968 bits per heavy atom. The molecule has 2 heterocycles. The van der Waals surface area contributed by atoms with Crippen LogP contribution in [0.25, 0.3) is 6.08 Å². The van der Waals surface area contributed by atoms with Crippen molar-refractivity contribution in [3.8, 4) is 11.5 Å². The maximum absolute atomic E-state index is 12.4. The van der Waals surface area contributed by atoms with E-state index in [0.29, 0.717) is 44.4 Å². The van der Waals surface area contributed by atoms with Gasteiger partial charge in [0.15, 0.2) is 11.5 Å². The lowest BCUT2D eigenvalue weighted by Gasteiger charge is -2.33. The van der Waals surface area contributed by atoms with Crippen LogP contribution >= 0.6 is 23.4 Å². The predicted molar refractivity (Wildman–Crippen MR) is 121 cm³/mol. The third kappa shape index (κ3) is 5.35. The molecule has 1 saturated heterocycles. The quantitative estimate of drug-likeness (QED) is 0.649. The monoisotopic (exact) mass is 458 g/mol. The number of halogens is 1. The molecule has 0 aliphatic carbocycles.